The van der Waals surface area contributed by atoms with E-state index in [9.17, 15) is 14.4 Å². The molecule has 0 heterocycles. The highest BCUT2D eigenvalue weighted by atomic mass is 16.5. The minimum atomic E-state index is -1.15. The molecule has 158 valence electrons. The summed E-state index contributed by atoms with van der Waals surface area (Å²) in [5, 5.41) is 13.9. The van der Waals surface area contributed by atoms with Gasteiger partial charge in [-0.25, -0.2) is 4.79 Å². The second kappa shape index (κ2) is 8.98. The van der Waals surface area contributed by atoms with Crippen molar-refractivity contribution in [1.82, 2.24) is 10.6 Å². The molecule has 3 rings (SSSR count). The highest BCUT2D eigenvalue weighted by Crippen LogP contribution is 2.44. The van der Waals surface area contributed by atoms with Crippen LogP contribution in [0.1, 0.15) is 37.8 Å². The quantitative estimate of drug-likeness (QED) is 0.650. The third-order valence-electron chi connectivity index (χ3n) is 5.30. The number of hydrogen-bond donors (Lipinski definition) is 3. The number of carboxylic acids is 1. The average molecular weight is 410 g/mol. The maximum Gasteiger partial charge on any atom is 0.407 e. The van der Waals surface area contributed by atoms with E-state index in [1.807, 2.05) is 36.4 Å². The molecule has 1 aliphatic carbocycles. The number of benzene rings is 2. The number of carbonyl (C=O) groups excluding carboxylic acids is 2. The van der Waals surface area contributed by atoms with Gasteiger partial charge in [0.05, 0.1) is 0 Å². The molecule has 7 nitrogen and oxygen atoms in total. The van der Waals surface area contributed by atoms with Crippen LogP contribution in [-0.2, 0) is 14.3 Å². The lowest BCUT2D eigenvalue weighted by atomic mass is 9.98. The largest absolute Gasteiger partial charge is 0.480 e. The Labute approximate surface area is 175 Å². The van der Waals surface area contributed by atoms with Crippen molar-refractivity contribution in [3.8, 4) is 11.1 Å². The zero-order valence-corrected chi connectivity index (χ0v) is 17.2. The van der Waals surface area contributed by atoms with E-state index in [0.717, 1.165) is 22.3 Å². The summed E-state index contributed by atoms with van der Waals surface area (Å²) >= 11 is 0. The summed E-state index contributed by atoms with van der Waals surface area (Å²) in [6.45, 7) is 5.03. The van der Waals surface area contributed by atoms with Gasteiger partial charge in [0.1, 0.15) is 18.7 Å². The summed E-state index contributed by atoms with van der Waals surface area (Å²) in [4.78, 5) is 35.8. The molecule has 7 heteroatoms. The minimum absolute atomic E-state index is 0.0819. The van der Waals surface area contributed by atoms with Gasteiger partial charge in [0.25, 0.3) is 0 Å². The lowest BCUT2D eigenvalue weighted by Gasteiger charge is -2.23. The predicted molar refractivity (Wildman–Crippen MR) is 112 cm³/mol. The Morgan fingerprint density at radius 3 is 1.97 bits per heavy atom. The molecule has 2 atom stereocenters. The first-order valence-electron chi connectivity index (χ1n) is 9.94. The molecule has 2 amide bonds. The van der Waals surface area contributed by atoms with Crippen molar-refractivity contribution < 1.29 is 24.2 Å². The van der Waals surface area contributed by atoms with E-state index in [-0.39, 0.29) is 18.4 Å². The van der Waals surface area contributed by atoms with E-state index < -0.39 is 30.1 Å². The van der Waals surface area contributed by atoms with E-state index in [1.54, 1.807) is 13.8 Å². The number of nitrogens with one attached hydrogen (secondary N) is 2. The van der Waals surface area contributed by atoms with E-state index in [2.05, 4.69) is 22.8 Å². The number of hydrogen-bond acceptors (Lipinski definition) is 4. The van der Waals surface area contributed by atoms with Crippen molar-refractivity contribution in [2.45, 2.75) is 38.8 Å². The van der Waals surface area contributed by atoms with Crippen molar-refractivity contribution in [3.63, 3.8) is 0 Å². The first kappa shape index (κ1) is 21.4. The van der Waals surface area contributed by atoms with Crippen LogP contribution < -0.4 is 10.6 Å². The molecular formula is C23H26N2O5. The standard InChI is InChI=1S/C23H26N2O5/c1-13(2)20(21(26)24-14(3)22(27)28)25-23(29)30-12-19-17-10-6-4-8-15(17)16-9-5-7-11-18(16)19/h4-11,13-14,19-20H,12H2,1-3H3,(H,24,26)(H,25,29)(H,27,28)/t14-,20+/m0/s1. The fourth-order valence-electron chi connectivity index (χ4n) is 3.67. The van der Waals surface area contributed by atoms with Gasteiger partial charge in [-0.15, -0.1) is 0 Å². The minimum Gasteiger partial charge on any atom is -0.480 e. The van der Waals surface area contributed by atoms with E-state index in [4.69, 9.17) is 9.84 Å². The van der Waals surface area contributed by atoms with Crippen LogP contribution in [0.25, 0.3) is 11.1 Å². The molecule has 1 aliphatic rings. The number of alkyl carbamates (subject to hydrolysis) is 1. The molecule has 0 spiro atoms. The van der Waals surface area contributed by atoms with Gasteiger partial charge in [-0.1, -0.05) is 62.4 Å². The molecule has 0 fully saturated rings. The van der Waals surface area contributed by atoms with Crippen LogP contribution in [0, 0.1) is 5.92 Å². The fraction of sp³-hybridized carbons (Fsp3) is 0.348. The van der Waals surface area contributed by atoms with Gasteiger partial charge < -0.3 is 20.5 Å². The van der Waals surface area contributed by atoms with Crippen LogP contribution in [0.3, 0.4) is 0 Å². The molecule has 3 N–H and O–H groups in total. The van der Waals surface area contributed by atoms with E-state index in [0.29, 0.717) is 0 Å². The molecule has 0 saturated carbocycles. The van der Waals surface area contributed by atoms with Crippen LogP contribution in [0.15, 0.2) is 48.5 Å². The van der Waals surface area contributed by atoms with E-state index >= 15 is 0 Å². The molecule has 0 aliphatic heterocycles. The van der Waals surface area contributed by atoms with Gasteiger partial charge in [-0.2, -0.15) is 0 Å². The summed E-state index contributed by atoms with van der Waals surface area (Å²) < 4.78 is 5.48. The van der Waals surface area contributed by atoms with Gasteiger partial charge in [0.2, 0.25) is 5.91 Å². The Morgan fingerprint density at radius 2 is 1.47 bits per heavy atom. The number of aliphatic carboxylic acids is 1. The van der Waals surface area contributed by atoms with Crippen LogP contribution in [0.4, 0.5) is 4.79 Å². The maximum absolute atomic E-state index is 12.4. The van der Waals surface area contributed by atoms with Crippen LogP contribution >= 0.6 is 0 Å². The lowest BCUT2D eigenvalue weighted by molar-refractivity contribution is -0.141. The zero-order valence-electron chi connectivity index (χ0n) is 17.2. The molecule has 2 aromatic rings. The van der Waals surface area contributed by atoms with Gasteiger partial charge >= 0.3 is 12.1 Å². The smallest absolute Gasteiger partial charge is 0.407 e. The highest BCUT2D eigenvalue weighted by Gasteiger charge is 2.31. The normalized spacial score (nSPS) is 14.4. The van der Waals surface area contributed by atoms with Crippen molar-refractivity contribution in [3.05, 3.63) is 59.7 Å². The van der Waals surface area contributed by atoms with Crippen molar-refractivity contribution >= 4 is 18.0 Å². The third kappa shape index (κ3) is 4.45. The molecule has 30 heavy (non-hydrogen) atoms. The number of carbonyl (C=O) groups is 3. The maximum atomic E-state index is 12.4. The number of amides is 2. The number of ether oxygens (including phenoxy) is 1. The Hall–Kier alpha value is -3.35. The van der Waals surface area contributed by atoms with Gasteiger partial charge in [0, 0.05) is 5.92 Å². The zero-order chi connectivity index (χ0) is 21.8. The first-order valence-corrected chi connectivity index (χ1v) is 9.94. The first-order chi connectivity index (χ1) is 14.3. The summed E-state index contributed by atoms with van der Waals surface area (Å²) in [7, 11) is 0. The molecule has 2 aromatic carbocycles. The number of rotatable bonds is 7. The van der Waals surface area contributed by atoms with Gasteiger partial charge in [-0.3, -0.25) is 9.59 Å². The van der Waals surface area contributed by atoms with E-state index in [1.165, 1.54) is 6.92 Å². The van der Waals surface area contributed by atoms with Crippen molar-refractivity contribution in [2.75, 3.05) is 6.61 Å². The molecule has 0 unspecified atom stereocenters. The Morgan fingerprint density at radius 1 is 0.933 bits per heavy atom. The second-order valence-electron chi connectivity index (χ2n) is 7.76. The topological polar surface area (TPSA) is 105 Å². The van der Waals surface area contributed by atoms with Gasteiger partial charge in [-0.05, 0) is 35.1 Å². The molecule has 0 saturated heterocycles. The SMILES string of the molecule is CC(C)[C@@H](NC(=O)OCC1c2ccccc2-c2ccccc21)C(=O)N[C@@H](C)C(=O)O. The predicted octanol–water partition coefficient (Wildman–Crippen LogP) is 3.14. The molecule has 0 bridgehead atoms. The van der Waals surface area contributed by atoms with Crippen LogP contribution in [0.2, 0.25) is 0 Å². The van der Waals surface area contributed by atoms with Crippen LogP contribution in [0.5, 0.6) is 0 Å². The van der Waals surface area contributed by atoms with Crippen LogP contribution in [-0.4, -0.2) is 41.8 Å². The molecule has 0 radical (unpaired) electrons. The second-order valence-corrected chi connectivity index (χ2v) is 7.76. The Bertz CT molecular complexity index is 911. The summed E-state index contributed by atoms with van der Waals surface area (Å²) in [6, 6.07) is 14.1. The molecular weight excluding hydrogens is 384 g/mol. The Balaban J connectivity index is 1.66. The highest BCUT2D eigenvalue weighted by molar-refractivity contribution is 5.89. The fourth-order valence-corrected chi connectivity index (χ4v) is 3.67. The number of carboxylic acid groups (broad SMARTS) is 1. The van der Waals surface area contributed by atoms with Gasteiger partial charge in [0.15, 0.2) is 0 Å². The molecule has 0 aromatic heterocycles. The lowest BCUT2D eigenvalue weighted by Crippen LogP contribution is -2.53. The third-order valence-corrected chi connectivity index (χ3v) is 5.30. The van der Waals surface area contributed by atoms with Crippen molar-refractivity contribution in [2.24, 2.45) is 5.92 Å². The summed E-state index contributed by atoms with van der Waals surface area (Å²) in [5.74, 6) is -2.03. The summed E-state index contributed by atoms with van der Waals surface area (Å²) in [6.07, 6.45) is -0.714. The monoisotopic (exact) mass is 410 g/mol. The average Bonchev–Trinajstić information content (AvgIpc) is 3.04. The number of fused-ring (bicyclic) bond motifs is 3. The Kier molecular flexibility index (Phi) is 6.40. The van der Waals surface area contributed by atoms with Crippen molar-refractivity contribution in [1.29, 1.82) is 0 Å². The summed E-state index contributed by atoms with van der Waals surface area (Å²) in [5.41, 5.74) is 4.45.